The lowest BCUT2D eigenvalue weighted by Crippen LogP contribution is -2.24. The highest BCUT2D eigenvalue weighted by Gasteiger charge is 2.58. The first-order valence-electron chi connectivity index (χ1n) is 8.17. The summed E-state index contributed by atoms with van der Waals surface area (Å²) < 4.78 is 11.8. The summed E-state index contributed by atoms with van der Waals surface area (Å²) in [6, 6.07) is 18.7. The van der Waals surface area contributed by atoms with Crippen LogP contribution in [0.15, 0.2) is 60.2 Å². The summed E-state index contributed by atoms with van der Waals surface area (Å²) in [4.78, 5) is 0. The molecule has 2 aliphatic heterocycles. The predicted octanol–water partition coefficient (Wildman–Crippen LogP) is 5.61. The average molecular weight is 356 g/mol. The lowest BCUT2D eigenvalue weighted by atomic mass is 9.76. The lowest BCUT2D eigenvalue weighted by molar-refractivity contribution is 0.150. The van der Waals surface area contributed by atoms with Gasteiger partial charge in [0.25, 0.3) is 0 Å². The summed E-state index contributed by atoms with van der Waals surface area (Å²) in [5.41, 5.74) is 3.81. The highest BCUT2D eigenvalue weighted by atomic mass is 32.4. The Kier molecular flexibility index (Phi) is 3.72. The lowest BCUT2D eigenvalue weighted by Gasteiger charge is -2.34. The van der Waals surface area contributed by atoms with E-state index in [1.54, 1.807) is 7.11 Å². The molecule has 2 aliphatic rings. The van der Waals surface area contributed by atoms with Gasteiger partial charge in [0.1, 0.15) is 5.75 Å². The fourth-order valence-electron chi connectivity index (χ4n) is 4.03. The normalized spacial score (nSPS) is 31.5. The first kappa shape index (κ1) is 16.1. The minimum atomic E-state index is -1.99. The van der Waals surface area contributed by atoms with E-state index in [1.807, 2.05) is 18.2 Å². The molecule has 2 nitrogen and oxygen atoms in total. The number of fused-ring (bicyclic) bond motifs is 2. The van der Waals surface area contributed by atoms with Crippen molar-refractivity contribution in [1.29, 1.82) is 0 Å². The molecular formula is C20H21O2PS. The molecule has 0 aliphatic carbocycles. The van der Waals surface area contributed by atoms with Crippen LogP contribution in [-0.2, 0) is 16.3 Å². The highest BCUT2D eigenvalue weighted by Crippen LogP contribution is 2.80. The van der Waals surface area contributed by atoms with Gasteiger partial charge < -0.3 is 9.26 Å². The topological polar surface area (TPSA) is 18.5 Å². The van der Waals surface area contributed by atoms with E-state index in [1.165, 1.54) is 22.0 Å². The van der Waals surface area contributed by atoms with Crippen LogP contribution in [-0.4, -0.2) is 13.3 Å². The molecule has 0 amide bonds. The molecule has 2 bridgehead atoms. The zero-order valence-corrected chi connectivity index (χ0v) is 15.9. The molecule has 24 heavy (non-hydrogen) atoms. The van der Waals surface area contributed by atoms with Crippen LogP contribution in [0.2, 0.25) is 0 Å². The van der Waals surface area contributed by atoms with E-state index in [0.717, 1.165) is 11.9 Å². The Labute approximate surface area is 148 Å². The molecule has 0 aromatic heterocycles. The molecule has 4 rings (SSSR count). The van der Waals surface area contributed by atoms with Gasteiger partial charge in [-0.05, 0) is 30.2 Å². The molecule has 1 saturated heterocycles. The van der Waals surface area contributed by atoms with Gasteiger partial charge in [-0.25, -0.2) is 0 Å². The Morgan fingerprint density at radius 1 is 1.12 bits per heavy atom. The number of benzene rings is 2. The van der Waals surface area contributed by atoms with Crippen molar-refractivity contribution in [3.05, 3.63) is 71.3 Å². The third-order valence-electron chi connectivity index (χ3n) is 5.41. The summed E-state index contributed by atoms with van der Waals surface area (Å²) in [5.74, 6) is 0.868. The van der Waals surface area contributed by atoms with Crippen molar-refractivity contribution >= 4 is 23.4 Å². The van der Waals surface area contributed by atoms with Crippen molar-refractivity contribution in [2.45, 2.75) is 20.0 Å². The van der Waals surface area contributed by atoms with Crippen molar-refractivity contribution in [3.63, 3.8) is 0 Å². The van der Waals surface area contributed by atoms with E-state index in [2.05, 4.69) is 50.2 Å². The maximum atomic E-state index is 6.58. The van der Waals surface area contributed by atoms with Gasteiger partial charge >= 0.3 is 0 Å². The van der Waals surface area contributed by atoms with E-state index in [0.29, 0.717) is 0 Å². The second-order valence-electron chi connectivity index (χ2n) is 6.85. The SMILES string of the molecule is COc1ccc(C2OP3(=S)CC2(C)C(C)=C3c2ccccc2)cc1. The molecule has 124 valence electrons. The third kappa shape index (κ3) is 2.23. The Morgan fingerprint density at radius 2 is 1.79 bits per heavy atom. The van der Waals surface area contributed by atoms with Gasteiger partial charge in [-0.1, -0.05) is 66.8 Å². The largest absolute Gasteiger partial charge is 0.497 e. The second kappa shape index (κ2) is 5.56. The number of hydrogen-bond acceptors (Lipinski definition) is 3. The van der Waals surface area contributed by atoms with Gasteiger partial charge in [-0.2, -0.15) is 0 Å². The molecule has 3 unspecified atom stereocenters. The van der Waals surface area contributed by atoms with Crippen LogP contribution in [0.25, 0.3) is 5.31 Å². The van der Waals surface area contributed by atoms with Gasteiger partial charge in [0, 0.05) is 16.9 Å². The van der Waals surface area contributed by atoms with Crippen LogP contribution >= 0.6 is 6.26 Å². The fourth-order valence-corrected chi connectivity index (χ4v) is 9.43. The molecule has 0 saturated carbocycles. The molecule has 0 spiro atoms. The van der Waals surface area contributed by atoms with Crippen LogP contribution in [0.5, 0.6) is 5.75 Å². The molecule has 2 aromatic carbocycles. The molecule has 1 fully saturated rings. The Morgan fingerprint density at radius 3 is 2.38 bits per heavy atom. The Hall–Kier alpha value is -1.41. The summed E-state index contributed by atoms with van der Waals surface area (Å²) in [6.07, 6.45) is -0.985. The average Bonchev–Trinajstić information content (AvgIpc) is 2.99. The maximum absolute atomic E-state index is 6.58. The number of methoxy groups -OCH3 is 1. The number of rotatable bonds is 3. The Balaban J connectivity index is 1.79. The molecule has 4 heteroatoms. The summed E-state index contributed by atoms with van der Waals surface area (Å²) in [5, 5.41) is 1.30. The molecule has 0 N–H and O–H groups in total. The van der Waals surface area contributed by atoms with E-state index in [9.17, 15) is 0 Å². The third-order valence-corrected chi connectivity index (χ3v) is 9.50. The van der Waals surface area contributed by atoms with Crippen molar-refractivity contribution in [2.24, 2.45) is 5.41 Å². The molecule has 2 aromatic rings. The first-order chi connectivity index (χ1) is 11.5. The van der Waals surface area contributed by atoms with Crippen molar-refractivity contribution in [1.82, 2.24) is 0 Å². The standard InChI is InChI=1S/C20H21O2PS/c1-14-18(15-7-5-4-6-8-15)23(24)13-20(14,2)19(22-23)16-9-11-17(21-3)12-10-16/h4-12,19H,13H2,1-3H3. The quantitative estimate of drug-likeness (QED) is 0.666. The predicted molar refractivity (Wildman–Crippen MR) is 103 cm³/mol. The van der Waals surface area contributed by atoms with Crippen molar-refractivity contribution in [2.75, 3.05) is 13.3 Å². The zero-order valence-electron chi connectivity index (χ0n) is 14.2. The van der Waals surface area contributed by atoms with E-state index in [-0.39, 0.29) is 11.5 Å². The first-order valence-corrected chi connectivity index (χ1v) is 11.1. The fraction of sp³-hybridized carbons (Fsp3) is 0.300. The van der Waals surface area contributed by atoms with Gasteiger partial charge in [-0.3, -0.25) is 0 Å². The molecule has 3 atom stereocenters. The zero-order chi connectivity index (χ0) is 16.9. The van der Waals surface area contributed by atoms with E-state index < -0.39 is 6.26 Å². The number of hydrogen-bond donors (Lipinski definition) is 0. The van der Waals surface area contributed by atoms with E-state index in [4.69, 9.17) is 21.1 Å². The molecular weight excluding hydrogens is 335 g/mol. The van der Waals surface area contributed by atoms with E-state index >= 15 is 0 Å². The molecule has 2 heterocycles. The van der Waals surface area contributed by atoms with Crippen LogP contribution < -0.4 is 4.74 Å². The van der Waals surface area contributed by atoms with Gasteiger partial charge in [0.2, 0.25) is 0 Å². The van der Waals surface area contributed by atoms with Crippen LogP contribution in [0.1, 0.15) is 31.1 Å². The summed E-state index contributed by atoms with van der Waals surface area (Å²) >= 11 is 6.09. The minimum Gasteiger partial charge on any atom is -0.497 e. The highest BCUT2D eigenvalue weighted by molar-refractivity contribution is 8.17. The monoisotopic (exact) mass is 356 g/mol. The minimum absolute atomic E-state index is 0.0186. The van der Waals surface area contributed by atoms with Crippen molar-refractivity contribution < 1.29 is 9.26 Å². The second-order valence-corrected chi connectivity index (χ2v) is 10.9. The van der Waals surface area contributed by atoms with Gasteiger partial charge in [0.15, 0.2) is 0 Å². The molecule has 0 radical (unpaired) electrons. The smallest absolute Gasteiger partial charge is 0.118 e. The van der Waals surface area contributed by atoms with Gasteiger partial charge in [-0.15, -0.1) is 0 Å². The van der Waals surface area contributed by atoms with Gasteiger partial charge in [0.05, 0.1) is 19.5 Å². The van der Waals surface area contributed by atoms with Crippen LogP contribution in [0, 0.1) is 5.41 Å². The summed E-state index contributed by atoms with van der Waals surface area (Å²) in [7, 11) is 1.69. The van der Waals surface area contributed by atoms with Crippen LogP contribution in [0.4, 0.5) is 0 Å². The Bertz CT molecular complexity index is 857. The van der Waals surface area contributed by atoms with Crippen molar-refractivity contribution in [3.8, 4) is 5.75 Å². The van der Waals surface area contributed by atoms with Crippen LogP contribution in [0.3, 0.4) is 0 Å². The maximum Gasteiger partial charge on any atom is 0.118 e. The summed E-state index contributed by atoms with van der Waals surface area (Å²) in [6.45, 7) is 4.55. The number of ether oxygens (including phenoxy) is 1.